The molecule has 3 rings (SSSR count). The first-order chi connectivity index (χ1) is 15.3. The maximum atomic E-state index is 12.5. The second kappa shape index (κ2) is 11.7. The van der Waals surface area contributed by atoms with Gasteiger partial charge in [-0.05, 0) is 53.9 Å². The fraction of sp³-hybridized carbons (Fsp3) is 0.174. The highest BCUT2D eigenvalue weighted by molar-refractivity contribution is 7.99. The number of nitrogens with one attached hydrogen (secondary N) is 2. The lowest BCUT2D eigenvalue weighted by atomic mass is 10.2. The van der Waals surface area contributed by atoms with Gasteiger partial charge in [-0.15, -0.1) is 11.8 Å². The zero-order valence-corrected chi connectivity index (χ0v) is 20.2. The summed E-state index contributed by atoms with van der Waals surface area (Å²) in [5, 5.41) is 3.75. The Morgan fingerprint density at radius 3 is 2.28 bits per heavy atom. The maximum absolute atomic E-state index is 12.5. The lowest BCUT2D eigenvalue weighted by molar-refractivity contribution is -0.113. The van der Waals surface area contributed by atoms with Crippen molar-refractivity contribution in [2.45, 2.75) is 17.1 Å². The number of halogens is 2. The van der Waals surface area contributed by atoms with Gasteiger partial charge in [0, 0.05) is 18.0 Å². The largest absolute Gasteiger partial charge is 0.325 e. The summed E-state index contributed by atoms with van der Waals surface area (Å²) < 4.78 is 27.5. The van der Waals surface area contributed by atoms with Gasteiger partial charge in [-0.25, -0.2) is 13.1 Å². The molecule has 0 aliphatic rings. The van der Waals surface area contributed by atoms with Crippen LogP contribution in [0.15, 0.2) is 77.7 Å². The molecular weight excluding hydrogens is 487 g/mol. The van der Waals surface area contributed by atoms with Crippen LogP contribution in [0, 0.1) is 0 Å². The molecule has 0 unspecified atom stereocenters. The van der Waals surface area contributed by atoms with E-state index >= 15 is 0 Å². The van der Waals surface area contributed by atoms with Gasteiger partial charge in [0.05, 0.1) is 20.7 Å². The number of hydrogen-bond donors (Lipinski definition) is 2. The van der Waals surface area contributed by atoms with Crippen LogP contribution in [0.3, 0.4) is 0 Å². The Kier molecular flexibility index (Phi) is 9.02. The van der Waals surface area contributed by atoms with Crippen molar-refractivity contribution < 1.29 is 13.2 Å². The number of benzene rings is 3. The van der Waals surface area contributed by atoms with Gasteiger partial charge in [-0.3, -0.25) is 4.79 Å². The molecule has 168 valence electrons. The molecule has 0 saturated heterocycles. The number of sulfonamides is 1. The molecule has 2 N–H and O–H groups in total. The minimum absolute atomic E-state index is 0.151. The molecular formula is C23H22Cl2N2O3S2. The van der Waals surface area contributed by atoms with Crippen LogP contribution in [-0.2, 0) is 27.0 Å². The first-order valence-electron chi connectivity index (χ1n) is 9.79. The van der Waals surface area contributed by atoms with Crippen LogP contribution in [0.5, 0.6) is 0 Å². The van der Waals surface area contributed by atoms with Crippen LogP contribution in [0.25, 0.3) is 0 Å². The van der Waals surface area contributed by atoms with Gasteiger partial charge >= 0.3 is 0 Å². The Bertz CT molecular complexity index is 1160. The van der Waals surface area contributed by atoms with Crippen LogP contribution in [0.1, 0.15) is 11.1 Å². The third-order valence-electron chi connectivity index (χ3n) is 4.48. The molecule has 0 radical (unpaired) electrons. The van der Waals surface area contributed by atoms with E-state index in [1.165, 1.54) is 23.9 Å². The smallest absolute Gasteiger partial charge is 0.240 e. The summed E-state index contributed by atoms with van der Waals surface area (Å²) in [7, 11) is -3.61. The molecule has 0 aliphatic heterocycles. The van der Waals surface area contributed by atoms with Crippen molar-refractivity contribution in [1.29, 1.82) is 0 Å². The molecule has 0 fully saturated rings. The fourth-order valence-corrected chi connectivity index (χ4v) is 4.99. The lowest BCUT2D eigenvalue weighted by Crippen LogP contribution is -2.26. The molecule has 0 bridgehead atoms. The quantitative estimate of drug-likeness (QED) is 0.385. The van der Waals surface area contributed by atoms with Crippen LogP contribution in [-0.4, -0.2) is 26.6 Å². The van der Waals surface area contributed by atoms with Crippen molar-refractivity contribution in [3.05, 3.63) is 94.0 Å². The van der Waals surface area contributed by atoms with Crippen molar-refractivity contribution in [1.82, 2.24) is 4.72 Å². The van der Waals surface area contributed by atoms with Crippen molar-refractivity contribution in [3.63, 3.8) is 0 Å². The first kappa shape index (κ1) is 24.6. The van der Waals surface area contributed by atoms with Gasteiger partial charge in [0.25, 0.3) is 0 Å². The fourth-order valence-electron chi connectivity index (χ4n) is 2.86. The molecule has 5 nitrogen and oxygen atoms in total. The van der Waals surface area contributed by atoms with Gasteiger partial charge in [-0.2, -0.15) is 0 Å². The Labute approximate surface area is 202 Å². The van der Waals surface area contributed by atoms with E-state index in [9.17, 15) is 13.2 Å². The van der Waals surface area contributed by atoms with E-state index in [4.69, 9.17) is 23.2 Å². The second-order valence-electron chi connectivity index (χ2n) is 6.95. The number of anilines is 1. The summed E-state index contributed by atoms with van der Waals surface area (Å²) >= 11 is 13.3. The van der Waals surface area contributed by atoms with E-state index < -0.39 is 10.0 Å². The summed E-state index contributed by atoms with van der Waals surface area (Å²) in [5.41, 5.74) is 2.57. The van der Waals surface area contributed by atoms with Gasteiger partial charge < -0.3 is 5.32 Å². The monoisotopic (exact) mass is 508 g/mol. The average Bonchev–Trinajstić information content (AvgIpc) is 2.77. The SMILES string of the molecule is O=C(CSCc1ccc(Cl)c(Cl)c1)Nc1ccc(S(=O)(=O)NCCc2ccccc2)cc1. The first-order valence-corrected chi connectivity index (χ1v) is 13.2. The maximum Gasteiger partial charge on any atom is 0.240 e. The normalized spacial score (nSPS) is 11.3. The topological polar surface area (TPSA) is 75.3 Å². The highest BCUT2D eigenvalue weighted by Gasteiger charge is 2.13. The molecule has 0 spiro atoms. The Hall–Kier alpha value is -2.03. The Balaban J connectivity index is 1.45. The van der Waals surface area contributed by atoms with Gasteiger partial charge in [0.15, 0.2) is 0 Å². The van der Waals surface area contributed by atoms with Gasteiger partial charge in [-0.1, -0.05) is 59.6 Å². The van der Waals surface area contributed by atoms with E-state index in [0.29, 0.717) is 34.5 Å². The lowest BCUT2D eigenvalue weighted by Gasteiger charge is -2.09. The van der Waals surface area contributed by atoms with Gasteiger partial charge in [0.1, 0.15) is 0 Å². The minimum atomic E-state index is -3.61. The molecule has 0 aromatic heterocycles. The Morgan fingerprint density at radius 1 is 0.875 bits per heavy atom. The van der Waals surface area contributed by atoms with Gasteiger partial charge in [0.2, 0.25) is 15.9 Å². The van der Waals surface area contributed by atoms with Crippen molar-refractivity contribution in [2.24, 2.45) is 0 Å². The van der Waals surface area contributed by atoms with Crippen LogP contribution in [0.2, 0.25) is 10.0 Å². The number of thioether (sulfide) groups is 1. The number of hydrogen-bond acceptors (Lipinski definition) is 4. The molecule has 0 heterocycles. The molecule has 3 aromatic carbocycles. The van der Waals surface area contributed by atoms with Crippen molar-refractivity contribution in [2.75, 3.05) is 17.6 Å². The zero-order chi connectivity index (χ0) is 23.0. The standard InChI is InChI=1S/C23H22Cl2N2O3S2/c24-21-11-6-18(14-22(21)25)15-31-16-23(28)27-19-7-9-20(10-8-19)32(29,30)26-13-12-17-4-2-1-3-5-17/h1-11,14,26H,12-13,15-16H2,(H,27,28). The predicted octanol–water partition coefficient (Wildman–Crippen LogP) is 5.39. The predicted molar refractivity (Wildman–Crippen MR) is 133 cm³/mol. The van der Waals surface area contributed by atoms with Crippen LogP contribution in [0.4, 0.5) is 5.69 Å². The second-order valence-corrected chi connectivity index (χ2v) is 10.5. The molecule has 32 heavy (non-hydrogen) atoms. The van der Waals surface area contributed by atoms with Crippen molar-refractivity contribution >= 4 is 56.6 Å². The molecule has 0 atom stereocenters. The molecule has 0 aliphatic carbocycles. The van der Waals surface area contributed by atoms with E-state index in [0.717, 1.165) is 11.1 Å². The molecule has 9 heteroatoms. The third kappa shape index (κ3) is 7.53. The molecule has 3 aromatic rings. The van der Waals surface area contributed by atoms with E-state index in [-0.39, 0.29) is 16.6 Å². The summed E-state index contributed by atoms with van der Waals surface area (Å²) in [6, 6.07) is 21.1. The summed E-state index contributed by atoms with van der Waals surface area (Å²) in [6.45, 7) is 0.306. The minimum Gasteiger partial charge on any atom is -0.325 e. The highest BCUT2D eigenvalue weighted by Crippen LogP contribution is 2.24. The van der Waals surface area contributed by atoms with E-state index in [1.807, 2.05) is 36.4 Å². The number of carbonyl (C=O) groups is 1. The zero-order valence-electron chi connectivity index (χ0n) is 17.1. The summed E-state index contributed by atoms with van der Waals surface area (Å²) in [6.07, 6.45) is 0.605. The van der Waals surface area contributed by atoms with E-state index in [2.05, 4.69) is 10.0 Å². The molecule has 0 saturated carbocycles. The summed E-state index contributed by atoms with van der Waals surface area (Å²) in [5.74, 6) is 0.698. The number of amides is 1. The molecule has 1 amide bonds. The highest BCUT2D eigenvalue weighted by atomic mass is 35.5. The number of carbonyl (C=O) groups excluding carboxylic acids is 1. The average molecular weight is 509 g/mol. The number of rotatable bonds is 10. The third-order valence-corrected chi connectivity index (χ3v) is 7.70. The Morgan fingerprint density at radius 2 is 1.59 bits per heavy atom. The van der Waals surface area contributed by atoms with Crippen LogP contribution < -0.4 is 10.0 Å². The van der Waals surface area contributed by atoms with E-state index in [1.54, 1.807) is 24.3 Å². The summed E-state index contributed by atoms with van der Waals surface area (Å²) in [4.78, 5) is 12.3. The van der Waals surface area contributed by atoms with Crippen molar-refractivity contribution in [3.8, 4) is 0 Å². The van der Waals surface area contributed by atoms with Crippen LogP contribution >= 0.6 is 35.0 Å².